The van der Waals surface area contributed by atoms with Crippen molar-refractivity contribution in [1.29, 1.82) is 0 Å². The van der Waals surface area contributed by atoms with Gasteiger partial charge < -0.3 is 4.90 Å². The lowest BCUT2D eigenvalue weighted by Crippen LogP contribution is -2.51. The van der Waals surface area contributed by atoms with E-state index in [1.54, 1.807) is 0 Å². The van der Waals surface area contributed by atoms with Crippen LogP contribution in [0.1, 0.15) is 0 Å². The number of carbonyl (C=O) groups excluding carboxylic acids is 2. The fourth-order valence-corrected chi connectivity index (χ4v) is 2.33. The SMILES string of the molecule is O=C1CN(c2c(Cl)cc(F)cc2Cl)CC(=O)N1. The molecule has 17 heavy (non-hydrogen) atoms. The van der Waals surface area contributed by atoms with E-state index in [9.17, 15) is 14.0 Å². The zero-order chi connectivity index (χ0) is 12.6. The number of hydrogen-bond acceptors (Lipinski definition) is 3. The van der Waals surface area contributed by atoms with E-state index in [0.717, 1.165) is 12.1 Å². The molecule has 1 N–H and O–H groups in total. The molecule has 0 saturated carbocycles. The van der Waals surface area contributed by atoms with E-state index in [0.29, 0.717) is 0 Å². The Bertz CT molecular complexity index is 468. The molecule has 1 aromatic rings. The van der Waals surface area contributed by atoms with Crippen LogP contribution in [-0.4, -0.2) is 24.9 Å². The zero-order valence-corrected chi connectivity index (χ0v) is 9.98. The third-order valence-corrected chi connectivity index (χ3v) is 2.82. The van der Waals surface area contributed by atoms with Crippen LogP contribution in [0.2, 0.25) is 10.0 Å². The Morgan fingerprint density at radius 1 is 1.12 bits per heavy atom. The van der Waals surface area contributed by atoms with E-state index in [-0.39, 0.29) is 28.8 Å². The minimum Gasteiger partial charge on any atom is -0.350 e. The summed E-state index contributed by atoms with van der Waals surface area (Å²) in [4.78, 5) is 23.8. The largest absolute Gasteiger partial charge is 0.350 e. The topological polar surface area (TPSA) is 49.4 Å². The number of nitrogens with zero attached hydrogens (tertiary/aromatic N) is 1. The van der Waals surface area contributed by atoms with Gasteiger partial charge in [-0.2, -0.15) is 0 Å². The second-order valence-corrected chi connectivity index (χ2v) is 4.36. The van der Waals surface area contributed by atoms with Crippen molar-refractivity contribution in [2.24, 2.45) is 0 Å². The van der Waals surface area contributed by atoms with Crippen LogP contribution in [0.15, 0.2) is 12.1 Å². The molecule has 4 nitrogen and oxygen atoms in total. The Kier molecular flexibility index (Phi) is 3.22. The quantitative estimate of drug-likeness (QED) is 0.793. The molecule has 2 rings (SSSR count). The van der Waals surface area contributed by atoms with Gasteiger partial charge in [0.2, 0.25) is 11.8 Å². The van der Waals surface area contributed by atoms with Gasteiger partial charge in [0, 0.05) is 0 Å². The van der Waals surface area contributed by atoms with E-state index in [1.165, 1.54) is 4.90 Å². The van der Waals surface area contributed by atoms with Crippen LogP contribution in [0.25, 0.3) is 0 Å². The summed E-state index contributed by atoms with van der Waals surface area (Å²) in [5, 5.41) is 2.28. The van der Waals surface area contributed by atoms with Crippen LogP contribution in [0, 0.1) is 5.82 Å². The predicted octanol–water partition coefficient (Wildman–Crippen LogP) is 1.60. The van der Waals surface area contributed by atoms with Gasteiger partial charge in [0.15, 0.2) is 0 Å². The van der Waals surface area contributed by atoms with Crippen LogP contribution >= 0.6 is 23.2 Å². The number of nitrogens with one attached hydrogen (secondary N) is 1. The molecule has 0 unspecified atom stereocenters. The molecule has 1 aliphatic heterocycles. The van der Waals surface area contributed by atoms with Gasteiger partial charge in [0.05, 0.1) is 28.8 Å². The van der Waals surface area contributed by atoms with Crippen molar-refractivity contribution >= 4 is 40.7 Å². The van der Waals surface area contributed by atoms with Gasteiger partial charge in [0.25, 0.3) is 0 Å². The predicted molar refractivity (Wildman–Crippen MR) is 61.8 cm³/mol. The maximum atomic E-state index is 13.0. The van der Waals surface area contributed by atoms with Crippen molar-refractivity contribution in [1.82, 2.24) is 5.32 Å². The molecular weight excluding hydrogens is 270 g/mol. The van der Waals surface area contributed by atoms with Crippen molar-refractivity contribution in [2.75, 3.05) is 18.0 Å². The van der Waals surface area contributed by atoms with Crippen molar-refractivity contribution in [3.05, 3.63) is 28.0 Å². The molecule has 0 spiro atoms. The lowest BCUT2D eigenvalue weighted by molar-refractivity contribution is -0.130. The van der Waals surface area contributed by atoms with Crippen molar-refractivity contribution in [2.45, 2.75) is 0 Å². The van der Waals surface area contributed by atoms with Crippen LogP contribution in [0.3, 0.4) is 0 Å². The molecule has 0 bridgehead atoms. The first-order valence-corrected chi connectivity index (χ1v) is 5.45. The van der Waals surface area contributed by atoms with Gasteiger partial charge in [0.1, 0.15) is 5.82 Å². The maximum absolute atomic E-state index is 13.0. The van der Waals surface area contributed by atoms with Crippen molar-refractivity contribution in [3.8, 4) is 0 Å². The summed E-state index contributed by atoms with van der Waals surface area (Å²) in [7, 11) is 0. The van der Waals surface area contributed by atoms with E-state index >= 15 is 0 Å². The summed E-state index contributed by atoms with van der Waals surface area (Å²) < 4.78 is 13.0. The highest BCUT2D eigenvalue weighted by atomic mass is 35.5. The molecule has 1 aromatic carbocycles. The molecule has 7 heteroatoms. The highest BCUT2D eigenvalue weighted by molar-refractivity contribution is 6.39. The van der Waals surface area contributed by atoms with Crippen LogP contribution < -0.4 is 10.2 Å². The van der Waals surface area contributed by atoms with Gasteiger partial charge in [-0.1, -0.05) is 23.2 Å². The number of halogens is 3. The highest BCUT2D eigenvalue weighted by Gasteiger charge is 2.26. The summed E-state index contributed by atoms with van der Waals surface area (Å²) in [5.74, 6) is -1.47. The summed E-state index contributed by atoms with van der Waals surface area (Å²) >= 11 is 11.7. The summed E-state index contributed by atoms with van der Waals surface area (Å²) in [6.45, 7) is -0.0897. The Morgan fingerprint density at radius 3 is 2.06 bits per heavy atom. The number of imide groups is 1. The van der Waals surface area contributed by atoms with E-state index in [2.05, 4.69) is 5.32 Å². The normalized spacial score (nSPS) is 16.1. The standard InChI is InChI=1S/C10H7Cl2FN2O2/c11-6-1-5(13)2-7(12)10(6)15-3-8(16)14-9(17)4-15/h1-2H,3-4H2,(H,14,16,17). The average molecular weight is 277 g/mol. The number of anilines is 1. The molecule has 0 aromatic heterocycles. The molecule has 1 fully saturated rings. The maximum Gasteiger partial charge on any atom is 0.246 e. The molecule has 1 saturated heterocycles. The molecular formula is C10H7Cl2FN2O2. The van der Waals surface area contributed by atoms with E-state index in [4.69, 9.17) is 23.2 Å². The van der Waals surface area contributed by atoms with Crippen molar-refractivity contribution < 1.29 is 14.0 Å². The minimum atomic E-state index is -0.573. The number of amides is 2. The first-order chi connectivity index (χ1) is 7.97. The Labute approximate surface area is 106 Å². The number of benzene rings is 1. The van der Waals surface area contributed by atoms with Gasteiger partial charge in [-0.25, -0.2) is 4.39 Å². The molecule has 0 radical (unpaired) electrons. The van der Waals surface area contributed by atoms with Crippen molar-refractivity contribution in [3.63, 3.8) is 0 Å². The van der Waals surface area contributed by atoms with Crippen LogP contribution in [-0.2, 0) is 9.59 Å². The summed E-state index contributed by atoms with van der Waals surface area (Å²) in [6, 6.07) is 2.17. The number of carbonyl (C=O) groups is 2. The lowest BCUT2D eigenvalue weighted by Gasteiger charge is -2.28. The van der Waals surface area contributed by atoms with E-state index in [1.807, 2.05) is 0 Å². The van der Waals surface area contributed by atoms with E-state index < -0.39 is 17.6 Å². The zero-order valence-electron chi connectivity index (χ0n) is 8.47. The molecule has 0 atom stereocenters. The van der Waals surface area contributed by atoms with Gasteiger partial charge in [-0.15, -0.1) is 0 Å². The number of piperazine rings is 1. The molecule has 1 heterocycles. The molecule has 90 valence electrons. The smallest absolute Gasteiger partial charge is 0.246 e. The molecule has 0 aliphatic carbocycles. The minimum absolute atomic E-state index is 0.0448. The number of hydrogen-bond donors (Lipinski definition) is 1. The Morgan fingerprint density at radius 2 is 1.59 bits per heavy atom. The monoisotopic (exact) mass is 276 g/mol. The van der Waals surface area contributed by atoms with Gasteiger partial charge >= 0.3 is 0 Å². The fraction of sp³-hybridized carbons (Fsp3) is 0.200. The Hall–Kier alpha value is -1.33. The van der Waals surface area contributed by atoms with Gasteiger partial charge in [-0.05, 0) is 12.1 Å². The highest BCUT2D eigenvalue weighted by Crippen LogP contribution is 2.34. The second-order valence-electron chi connectivity index (χ2n) is 3.55. The lowest BCUT2D eigenvalue weighted by atomic mass is 10.2. The molecule has 1 aliphatic rings. The first kappa shape index (κ1) is 12.1. The third kappa shape index (κ3) is 2.50. The van der Waals surface area contributed by atoms with Gasteiger partial charge in [-0.3, -0.25) is 14.9 Å². The fourth-order valence-electron chi connectivity index (χ4n) is 1.63. The van der Waals surface area contributed by atoms with Crippen LogP contribution in [0.4, 0.5) is 10.1 Å². The number of rotatable bonds is 1. The Balaban J connectivity index is 2.40. The second kappa shape index (κ2) is 4.50. The summed E-state index contributed by atoms with van der Waals surface area (Å²) in [5.41, 5.74) is 0.290. The summed E-state index contributed by atoms with van der Waals surface area (Å²) in [6.07, 6.45) is 0. The third-order valence-electron chi connectivity index (χ3n) is 2.25. The van der Waals surface area contributed by atoms with Crippen LogP contribution in [0.5, 0.6) is 0 Å². The first-order valence-electron chi connectivity index (χ1n) is 4.69. The average Bonchev–Trinajstić information content (AvgIpc) is 2.13. The molecule has 2 amide bonds.